The highest BCUT2D eigenvalue weighted by Gasteiger charge is 2.20. The Balaban J connectivity index is 1.93. The smallest absolute Gasteiger partial charge is 0.0404 e. The monoisotopic (exact) mass is 274 g/mol. The van der Waals surface area contributed by atoms with Crippen molar-refractivity contribution >= 4 is 5.69 Å². The van der Waals surface area contributed by atoms with Crippen LogP contribution in [0.25, 0.3) is 0 Å². The number of anilines is 1. The van der Waals surface area contributed by atoms with E-state index in [1.807, 2.05) is 0 Å². The van der Waals surface area contributed by atoms with Gasteiger partial charge < -0.3 is 10.2 Å². The summed E-state index contributed by atoms with van der Waals surface area (Å²) in [5.41, 5.74) is 4.22. The lowest BCUT2D eigenvalue weighted by molar-refractivity contribution is 0.198. The van der Waals surface area contributed by atoms with Crippen molar-refractivity contribution in [1.29, 1.82) is 0 Å². The van der Waals surface area contributed by atoms with Gasteiger partial charge in [-0.15, -0.1) is 0 Å². The molecule has 0 radical (unpaired) electrons. The molecule has 0 spiro atoms. The minimum atomic E-state index is 0.643. The average Bonchev–Trinajstić information content (AvgIpc) is 2.42. The number of nitrogens with one attached hydrogen (secondary N) is 1. The highest BCUT2D eigenvalue weighted by molar-refractivity contribution is 5.57. The Morgan fingerprint density at radius 1 is 1.25 bits per heavy atom. The summed E-state index contributed by atoms with van der Waals surface area (Å²) in [4.78, 5) is 2.61. The highest BCUT2D eigenvalue weighted by atomic mass is 15.1. The minimum absolute atomic E-state index is 0.643. The number of nitrogens with zero attached hydrogens (tertiary/aromatic N) is 1. The summed E-state index contributed by atoms with van der Waals surface area (Å²) >= 11 is 0. The Labute approximate surface area is 124 Å². The van der Waals surface area contributed by atoms with Crippen LogP contribution in [-0.2, 0) is 6.42 Å². The van der Waals surface area contributed by atoms with Gasteiger partial charge in [-0.1, -0.05) is 39.0 Å². The normalized spacial score (nSPS) is 17.6. The van der Waals surface area contributed by atoms with Gasteiger partial charge in [0.05, 0.1) is 0 Å². The van der Waals surface area contributed by atoms with Crippen LogP contribution in [0.1, 0.15) is 44.7 Å². The summed E-state index contributed by atoms with van der Waals surface area (Å²) in [6.45, 7) is 12.8. The third-order valence-corrected chi connectivity index (χ3v) is 4.30. The number of aryl methyl sites for hydroxylation is 2. The fourth-order valence-corrected chi connectivity index (χ4v) is 3.21. The summed E-state index contributed by atoms with van der Waals surface area (Å²) in [7, 11) is 0. The van der Waals surface area contributed by atoms with Crippen LogP contribution in [0.3, 0.4) is 0 Å². The zero-order valence-corrected chi connectivity index (χ0v) is 13.6. The first-order chi connectivity index (χ1) is 9.60. The van der Waals surface area contributed by atoms with Crippen molar-refractivity contribution in [2.24, 2.45) is 5.92 Å². The molecule has 20 heavy (non-hydrogen) atoms. The van der Waals surface area contributed by atoms with Gasteiger partial charge >= 0.3 is 0 Å². The molecule has 2 heteroatoms. The van der Waals surface area contributed by atoms with E-state index >= 15 is 0 Å². The van der Waals surface area contributed by atoms with Crippen molar-refractivity contribution in [1.82, 2.24) is 4.90 Å². The number of benzene rings is 1. The Hall–Kier alpha value is -1.02. The Morgan fingerprint density at radius 3 is 2.55 bits per heavy atom. The van der Waals surface area contributed by atoms with Crippen molar-refractivity contribution in [2.45, 2.75) is 53.0 Å². The van der Waals surface area contributed by atoms with E-state index in [0.717, 1.165) is 12.3 Å². The maximum Gasteiger partial charge on any atom is 0.0404 e. The zero-order chi connectivity index (χ0) is 14.5. The molecule has 1 aliphatic rings. The van der Waals surface area contributed by atoms with Gasteiger partial charge in [-0.25, -0.2) is 0 Å². The first-order valence-electron chi connectivity index (χ1n) is 8.17. The molecule has 0 aliphatic carbocycles. The van der Waals surface area contributed by atoms with Gasteiger partial charge in [-0.3, -0.25) is 0 Å². The van der Waals surface area contributed by atoms with Gasteiger partial charge in [0.1, 0.15) is 0 Å². The van der Waals surface area contributed by atoms with Crippen molar-refractivity contribution in [3.63, 3.8) is 0 Å². The van der Waals surface area contributed by atoms with Crippen molar-refractivity contribution in [2.75, 3.05) is 25.0 Å². The second kappa shape index (κ2) is 7.12. The first-order valence-corrected chi connectivity index (χ1v) is 8.17. The van der Waals surface area contributed by atoms with E-state index < -0.39 is 0 Å². The van der Waals surface area contributed by atoms with Crippen molar-refractivity contribution < 1.29 is 0 Å². The summed E-state index contributed by atoms with van der Waals surface area (Å²) in [6, 6.07) is 7.29. The van der Waals surface area contributed by atoms with E-state index in [9.17, 15) is 0 Å². The fraction of sp³-hybridized carbons (Fsp3) is 0.667. The lowest BCUT2D eigenvalue weighted by Gasteiger charge is -2.34. The second-order valence-electron chi connectivity index (χ2n) is 6.58. The minimum Gasteiger partial charge on any atom is -0.382 e. The van der Waals surface area contributed by atoms with Crippen LogP contribution in [0.2, 0.25) is 0 Å². The lowest BCUT2D eigenvalue weighted by atomic mass is 10.0. The Morgan fingerprint density at radius 2 is 1.95 bits per heavy atom. The SMILES string of the molecule is CCc1cccc(C)c1NC1CCN(CC(C)C)CC1. The van der Waals surface area contributed by atoms with Gasteiger partial charge in [-0.05, 0) is 43.2 Å². The number of piperidine rings is 1. The number of rotatable bonds is 5. The predicted molar refractivity (Wildman–Crippen MR) is 88.5 cm³/mol. The third kappa shape index (κ3) is 3.99. The Bertz CT molecular complexity index is 417. The second-order valence-corrected chi connectivity index (χ2v) is 6.58. The van der Waals surface area contributed by atoms with Gasteiger partial charge in [0.25, 0.3) is 0 Å². The summed E-state index contributed by atoms with van der Waals surface area (Å²) in [5, 5.41) is 3.82. The molecule has 1 aromatic carbocycles. The van der Waals surface area contributed by atoms with E-state index in [1.165, 1.54) is 49.3 Å². The van der Waals surface area contributed by atoms with Gasteiger partial charge in [0.15, 0.2) is 0 Å². The Kier molecular flexibility index (Phi) is 5.47. The molecule has 2 rings (SSSR count). The van der Waals surface area contributed by atoms with Gasteiger partial charge in [0.2, 0.25) is 0 Å². The van der Waals surface area contributed by atoms with Crippen molar-refractivity contribution in [3.8, 4) is 0 Å². The number of hydrogen-bond donors (Lipinski definition) is 1. The summed E-state index contributed by atoms with van der Waals surface area (Å²) in [6.07, 6.45) is 3.64. The van der Waals surface area contributed by atoms with Crippen LogP contribution in [0.5, 0.6) is 0 Å². The lowest BCUT2D eigenvalue weighted by Crippen LogP contribution is -2.40. The van der Waals surface area contributed by atoms with Crippen LogP contribution < -0.4 is 5.32 Å². The molecule has 2 nitrogen and oxygen atoms in total. The average molecular weight is 274 g/mol. The van der Waals surface area contributed by atoms with Gasteiger partial charge in [-0.2, -0.15) is 0 Å². The van der Waals surface area contributed by atoms with Crippen LogP contribution in [0.4, 0.5) is 5.69 Å². The maximum absolute atomic E-state index is 3.82. The molecular weight excluding hydrogens is 244 g/mol. The van der Waals surface area contributed by atoms with E-state index in [1.54, 1.807) is 0 Å². The molecule has 0 bridgehead atoms. The molecule has 0 aromatic heterocycles. The largest absolute Gasteiger partial charge is 0.382 e. The first kappa shape index (κ1) is 15.4. The topological polar surface area (TPSA) is 15.3 Å². The van der Waals surface area contributed by atoms with Gasteiger partial charge in [0, 0.05) is 31.4 Å². The van der Waals surface area contributed by atoms with E-state index in [0.29, 0.717) is 6.04 Å². The van der Waals surface area contributed by atoms with Crippen LogP contribution >= 0.6 is 0 Å². The highest BCUT2D eigenvalue weighted by Crippen LogP contribution is 2.24. The summed E-state index contributed by atoms with van der Waals surface area (Å²) in [5.74, 6) is 0.780. The molecule has 1 aliphatic heterocycles. The molecule has 0 unspecified atom stereocenters. The molecule has 0 amide bonds. The molecule has 1 N–H and O–H groups in total. The standard InChI is InChI=1S/C18H30N2/c1-5-16-8-6-7-15(4)18(16)19-17-9-11-20(12-10-17)13-14(2)3/h6-8,14,17,19H,5,9-13H2,1-4H3. The van der Waals surface area contributed by atoms with E-state index in [2.05, 4.69) is 56.1 Å². The third-order valence-electron chi connectivity index (χ3n) is 4.30. The quantitative estimate of drug-likeness (QED) is 0.870. The zero-order valence-electron chi connectivity index (χ0n) is 13.6. The predicted octanol–water partition coefficient (Wildman–Crippen LogP) is 4.09. The summed E-state index contributed by atoms with van der Waals surface area (Å²) < 4.78 is 0. The van der Waals surface area contributed by atoms with E-state index in [-0.39, 0.29) is 0 Å². The molecule has 1 saturated heterocycles. The molecule has 112 valence electrons. The fourth-order valence-electron chi connectivity index (χ4n) is 3.21. The molecule has 1 aromatic rings. The molecule has 1 heterocycles. The molecule has 0 saturated carbocycles. The van der Waals surface area contributed by atoms with Crippen LogP contribution in [0, 0.1) is 12.8 Å². The molecule has 0 atom stereocenters. The van der Waals surface area contributed by atoms with E-state index in [4.69, 9.17) is 0 Å². The molecular formula is C18H30N2. The van der Waals surface area contributed by atoms with Crippen molar-refractivity contribution in [3.05, 3.63) is 29.3 Å². The molecule has 1 fully saturated rings. The maximum atomic E-state index is 3.82. The number of para-hydroxylation sites is 1. The number of likely N-dealkylation sites (tertiary alicyclic amines) is 1. The van der Waals surface area contributed by atoms with Crippen LogP contribution in [-0.4, -0.2) is 30.6 Å². The van der Waals surface area contributed by atoms with Crippen LogP contribution in [0.15, 0.2) is 18.2 Å². The number of hydrogen-bond acceptors (Lipinski definition) is 2.